The number of nitrogens with one attached hydrogen (secondary N) is 1. The van der Waals surface area contributed by atoms with Gasteiger partial charge in [0.25, 0.3) is 0 Å². The molecule has 2 aromatic rings. The molecule has 0 aromatic heterocycles. The predicted octanol–water partition coefficient (Wildman–Crippen LogP) is 4.65. The molecule has 1 saturated heterocycles. The summed E-state index contributed by atoms with van der Waals surface area (Å²) >= 11 is 0. The number of likely N-dealkylation sites (tertiary alicyclic amines) is 1. The van der Waals surface area contributed by atoms with Crippen molar-refractivity contribution in [2.75, 3.05) is 19.7 Å². The van der Waals surface area contributed by atoms with Crippen LogP contribution in [0.25, 0.3) is 11.1 Å². The normalized spacial score (nSPS) is 20.0. The molecule has 1 aliphatic heterocycles. The van der Waals surface area contributed by atoms with Crippen molar-refractivity contribution in [3.63, 3.8) is 0 Å². The Labute approximate surface area is 206 Å². The number of rotatable bonds is 8. The standard InChI is InChI=1S/C28H34N2O5/c1-18(16-26(31)30-15-7-12-20(19(30)2)27(32)33)13-14-29-28(34)35-17-25-23-10-5-3-8-21(23)22-9-4-6-11-24(22)25/h3-6,8-11,18-20,25H,7,12-17H2,1-2H3,(H,29,34)(H,32,33). The van der Waals surface area contributed by atoms with Crippen LogP contribution in [0.1, 0.15) is 56.6 Å². The van der Waals surface area contributed by atoms with Crippen LogP contribution in [0.15, 0.2) is 48.5 Å². The van der Waals surface area contributed by atoms with E-state index in [1.54, 1.807) is 4.90 Å². The zero-order chi connectivity index (χ0) is 24.9. The Morgan fingerprint density at radius 2 is 1.71 bits per heavy atom. The molecule has 0 radical (unpaired) electrons. The topological polar surface area (TPSA) is 95.9 Å². The Balaban J connectivity index is 1.21. The van der Waals surface area contributed by atoms with Crippen LogP contribution >= 0.6 is 0 Å². The molecule has 186 valence electrons. The Kier molecular flexibility index (Phi) is 7.73. The third-order valence-corrected chi connectivity index (χ3v) is 7.40. The zero-order valence-electron chi connectivity index (χ0n) is 20.4. The summed E-state index contributed by atoms with van der Waals surface area (Å²) in [6.07, 6.45) is 1.84. The largest absolute Gasteiger partial charge is 0.481 e. The average Bonchev–Trinajstić information content (AvgIpc) is 3.16. The lowest BCUT2D eigenvalue weighted by Gasteiger charge is -2.38. The number of hydrogen-bond acceptors (Lipinski definition) is 4. The minimum Gasteiger partial charge on any atom is -0.481 e. The Morgan fingerprint density at radius 3 is 2.34 bits per heavy atom. The minimum atomic E-state index is -0.838. The SMILES string of the molecule is CC(CCNC(=O)OCC1c2ccccc2-c2ccccc21)CC(=O)N1CCCC(C(=O)O)C1C. The van der Waals surface area contributed by atoms with E-state index in [-0.39, 0.29) is 30.4 Å². The van der Waals surface area contributed by atoms with Crippen LogP contribution in [-0.2, 0) is 14.3 Å². The van der Waals surface area contributed by atoms with Crippen molar-refractivity contribution >= 4 is 18.0 Å². The first-order valence-corrected chi connectivity index (χ1v) is 12.5. The maximum Gasteiger partial charge on any atom is 0.407 e. The maximum absolute atomic E-state index is 12.8. The van der Waals surface area contributed by atoms with Crippen LogP contribution in [0.5, 0.6) is 0 Å². The molecule has 35 heavy (non-hydrogen) atoms. The molecule has 2 amide bonds. The summed E-state index contributed by atoms with van der Waals surface area (Å²) in [4.78, 5) is 38.2. The average molecular weight is 479 g/mol. The molecule has 7 heteroatoms. The number of carboxylic acid groups (broad SMARTS) is 1. The fourth-order valence-electron chi connectivity index (χ4n) is 5.41. The van der Waals surface area contributed by atoms with Crippen molar-refractivity contribution < 1.29 is 24.2 Å². The highest BCUT2D eigenvalue weighted by molar-refractivity contribution is 5.80. The molecule has 1 heterocycles. The second kappa shape index (κ2) is 10.9. The fourth-order valence-corrected chi connectivity index (χ4v) is 5.41. The van der Waals surface area contributed by atoms with Gasteiger partial charge in [0.1, 0.15) is 6.61 Å². The van der Waals surface area contributed by atoms with Gasteiger partial charge in [-0.1, -0.05) is 55.5 Å². The third-order valence-electron chi connectivity index (χ3n) is 7.40. The number of carboxylic acids is 1. The van der Waals surface area contributed by atoms with Gasteiger partial charge in [-0.05, 0) is 54.4 Å². The van der Waals surface area contributed by atoms with Gasteiger partial charge in [-0.3, -0.25) is 9.59 Å². The Hall–Kier alpha value is -3.35. The molecule has 2 N–H and O–H groups in total. The van der Waals surface area contributed by atoms with E-state index in [1.807, 2.05) is 38.1 Å². The van der Waals surface area contributed by atoms with Gasteiger partial charge in [0.2, 0.25) is 5.91 Å². The van der Waals surface area contributed by atoms with E-state index >= 15 is 0 Å². The summed E-state index contributed by atoms with van der Waals surface area (Å²) in [6, 6.07) is 16.1. The van der Waals surface area contributed by atoms with Gasteiger partial charge < -0.3 is 20.1 Å². The second-order valence-corrected chi connectivity index (χ2v) is 9.76. The van der Waals surface area contributed by atoms with Gasteiger partial charge in [0.15, 0.2) is 0 Å². The second-order valence-electron chi connectivity index (χ2n) is 9.76. The predicted molar refractivity (Wildman–Crippen MR) is 133 cm³/mol. The number of piperidine rings is 1. The van der Waals surface area contributed by atoms with Crippen molar-refractivity contribution in [3.8, 4) is 11.1 Å². The number of ether oxygens (including phenoxy) is 1. The summed E-state index contributed by atoms with van der Waals surface area (Å²) in [5.41, 5.74) is 4.72. The highest BCUT2D eigenvalue weighted by Crippen LogP contribution is 2.44. The molecule has 0 bridgehead atoms. The summed E-state index contributed by atoms with van der Waals surface area (Å²) in [5, 5.41) is 12.2. The van der Waals surface area contributed by atoms with E-state index in [9.17, 15) is 19.5 Å². The first-order chi connectivity index (χ1) is 16.9. The molecule has 7 nitrogen and oxygen atoms in total. The summed E-state index contributed by atoms with van der Waals surface area (Å²) < 4.78 is 5.57. The van der Waals surface area contributed by atoms with Gasteiger partial charge in [0.05, 0.1) is 5.92 Å². The summed E-state index contributed by atoms with van der Waals surface area (Å²) in [5.74, 6) is -1.27. The quantitative estimate of drug-likeness (QED) is 0.576. The molecular weight excluding hydrogens is 444 g/mol. The van der Waals surface area contributed by atoms with E-state index in [0.29, 0.717) is 38.8 Å². The molecule has 2 aliphatic rings. The first kappa shape index (κ1) is 24.8. The molecule has 3 unspecified atom stereocenters. The van der Waals surface area contributed by atoms with E-state index in [1.165, 1.54) is 22.3 Å². The first-order valence-electron chi connectivity index (χ1n) is 12.5. The fraction of sp³-hybridized carbons (Fsp3) is 0.464. The lowest BCUT2D eigenvalue weighted by molar-refractivity contribution is -0.149. The maximum atomic E-state index is 12.8. The minimum absolute atomic E-state index is 0.0166. The van der Waals surface area contributed by atoms with Crippen LogP contribution in [-0.4, -0.2) is 53.7 Å². The molecule has 2 aromatic carbocycles. The van der Waals surface area contributed by atoms with Crippen molar-refractivity contribution in [1.82, 2.24) is 10.2 Å². The third kappa shape index (κ3) is 5.50. The number of aliphatic carboxylic acids is 1. The van der Waals surface area contributed by atoms with E-state index in [2.05, 4.69) is 29.6 Å². The molecule has 0 spiro atoms. The summed E-state index contributed by atoms with van der Waals surface area (Å²) in [6.45, 7) is 5.08. The number of amides is 2. The number of benzene rings is 2. The molecule has 1 aliphatic carbocycles. The highest BCUT2D eigenvalue weighted by Gasteiger charge is 2.35. The monoisotopic (exact) mass is 478 g/mol. The smallest absolute Gasteiger partial charge is 0.407 e. The number of carbonyl (C=O) groups excluding carboxylic acids is 2. The van der Waals surface area contributed by atoms with Gasteiger partial charge in [-0.25, -0.2) is 4.79 Å². The van der Waals surface area contributed by atoms with Gasteiger partial charge in [-0.2, -0.15) is 0 Å². The zero-order valence-corrected chi connectivity index (χ0v) is 20.4. The molecule has 4 rings (SSSR count). The van der Waals surface area contributed by atoms with Crippen molar-refractivity contribution in [2.24, 2.45) is 11.8 Å². The Morgan fingerprint density at radius 1 is 1.09 bits per heavy atom. The van der Waals surface area contributed by atoms with Gasteiger partial charge in [0, 0.05) is 31.5 Å². The van der Waals surface area contributed by atoms with Crippen LogP contribution in [0.2, 0.25) is 0 Å². The lowest BCUT2D eigenvalue weighted by Crippen LogP contribution is -2.49. The van der Waals surface area contributed by atoms with Crippen LogP contribution in [0.3, 0.4) is 0 Å². The van der Waals surface area contributed by atoms with Gasteiger partial charge >= 0.3 is 12.1 Å². The number of alkyl carbamates (subject to hydrolysis) is 1. The Bertz CT molecular complexity index is 1040. The van der Waals surface area contributed by atoms with E-state index < -0.39 is 18.0 Å². The van der Waals surface area contributed by atoms with Crippen LogP contribution in [0.4, 0.5) is 4.79 Å². The van der Waals surface area contributed by atoms with Gasteiger partial charge in [-0.15, -0.1) is 0 Å². The molecule has 3 atom stereocenters. The van der Waals surface area contributed by atoms with Crippen LogP contribution in [0, 0.1) is 11.8 Å². The number of fused-ring (bicyclic) bond motifs is 3. The number of carbonyl (C=O) groups is 3. The van der Waals surface area contributed by atoms with E-state index in [0.717, 1.165) is 0 Å². The number of hydrogen-bond donors (Lipinski definition) is 2. The molecule has 1 fully saturated rings. The highest BCUT2D eigenvalue weighted by atomic mass is 16.5. The summed E-state index contributed by atoms with van der Waals surface area (Å²) in [7, 11) is 0. The molecular formula is C28H34N2O5. The molecule has 0 saturated carbocycles. The van der Waals surface area contributed by atoms with E-state index in [4.69, 9.17) is 4.74 Å². The van der Waals surface area contributed by atoms with Crippen molar-refractivity contribution in [2.45, 2.75) is 51.5 Å². The van der Waals surface area contributed by atoms with Crippen molar-refractivity contribution in [3.05, 3.63) is 59.7 Å². The van der Waals surface area contributed by atoms with Crippen LogP contribution < -0.4 is 5.32 Å². The number of nitrogens with zero attached hydrogens (tertiary/aromatic N) is 1. The lowest BCUT2D eigenvalue weighted by atomic mass is 9.89. The van der Waals surface area contributed by atoms with Crippen molar-refractivity contribution in [1.29, 1.82) is 0 Å².